The summed E-state index contributed by atoms with van der Waals surface area (Å²) in [4.78, 5) is 13.6. The van der Waals surface area contributed by atoms with Crippen LogP contribution in [0.2, 0.25) is 0 Å². The number of allylic oxidation sites excluding steroid dienone is 2. The highest BCUT2D eigenvalue weighted by Crippen LogP contribution is 2.34. The van der Waals surface area contributed by atoms with Crippen LogP contribution < -0.4 is 0 Å². The quantitative estimate of drug-likeness (QED) is 0.783. The molecule has 0 saturated carbocycles. The minimum absolute atomic E-state index is 0.258. The third-order valence-electron chi connectivity index (χ3n) is 2.91. The van der Waals surface area contributed by atoms with Crippen LogP contribution in [-0.2, 0) is 4.79 Å². The molecule has 0 heterocycles. The predicted octanol–water partition coefficient (Wildman–Crippen LogP) is 4.18. The van der Waals surface area contributed by atoms with Crippen molar-refractivity contribution < 1.29 is 4.79 Å². The molecule has 0 saturated heterocycles. The fourth-order valence-corrected chi connectivity index (χ4v) is 3.05. The molecule has 0 N–H and O–H groups in total. The Morgan fingerprint density at radius 1 is 0.941 bits per heavy atom. The van der Waals surface area contributed by atoms with Crippen molar-refractivity contribution in [3.05, 3.63) is 53.4 Å². The molecule has 1 aliphatic rings. The number of hydrogen-bond acceptors (Lipinski definition) is 2. The molecule has 0 atom stereocenters. The monoisotopic (exact) mass is 240 g/mol. The first-order valence-electron chi connectivity index (χ1n) is 5.71. The van der Waals surface area contributed by atoms with E-state index in [-0.39, 0.29) is 5.78 Å². The first-order valence-corrected chi connectivity index (χ1v) is 6.53. The lowest BCUT2D eigenvalue weighted by atomic mass is 10.1. The maximum atomic E-state index is 11.2. The van der Waals surface area contributed by atoms with Crippen molar-refractivity contribution in [2.45, 2.75) is 17.7 Å². The third-order valence-corrected chi connectivity index (χ3v) is 3.98. The molecule has 2 aromatic carbocycles. The number of hydrogen-bond donors (Lipinski definition) is 0. The Morgan fingerprint density at radius 2 is 1.76 bits per heavy atom. The molecule has 2 heteroatoms. The average molecular weight is 240 g/mol. The maximum absolute atomic E-state index is 11.2. The van der Waals surface area contributed by atoms with E-state index in [1.165, 1.54) is 20.6 Å². The fraction of sp³-hybridized carbons (Fsp3) is 0.133. The fourth-order valence-electron chi connectivity index (χ4n) is 2.03. The topological polar surface area (TPSA) is 17.1 Å². The summed E-state index contributed by atoms with van der Waals surface area (Å²) >= 11 is 1.71. The van der Waals surface area contributed by atoms with E-state index < -0.39 is 0 Å². The van der Waals surface area contributed by atoms with Crippen LogP contribution in [0.3, 0.4) is 0 Å². The number of carbonyl (C=O) groups excluding carboxylic acids is 1. The highest BCUT2D eigenvalue weighted by Gasteiger charge is 2.12. The smallest absolute Gasteiger partial charge is 0.156 e. The van der Waals surface area contributed by atoms with E-state index in [0.29, 0.717) is 6.42 Å². The second kappa shape index (κ2) is 4.38. The molecule has 0 aromatic heterocycles. The van der Waals surface area contributed by atoms with Crippen molar-refractivity contribution in [2.75, 3.05) is 0 Å². The molecule has 1 aliphatic carbocycles. The van der Waals surface area contributed by atoms with Gasteiger partial charge < -0.3 is 0 Å². The highest BCUT2D eigenvalue weighted by molar-refractivity contribution is 8.03. The summed E-state index contributed by atoms with van der Waals surface area (Å²) in [5.41, 5.74) is 0. The molecule has 0 fully saturated rings. The molecule has 0 amide bonds. The molecule has 1 nitrogen and oxygen atoms in total. The van der Waals surface area contributed by atoms with E-state index >= 15 is 0 Å². The Hall–Kier alpha value is -1.54. The summed E-state index contributed by atoms with van der Waals surface area (Å²) in [7, 11) is 0. The zero-order chi connectivity index (χ0) is 11.7. The summed E-state index contributed by atoms with van der Waals surface area (Å²) in [6, 6.07) is 14.8. The van der Waals surface area contributed by atoms with Crippen LogP contribution in [0.25, 0.3) is 10.8 Å². The van der Waals surface area contributed by atoms with Crippen LogP contribution in [0.15, 0.2) is 58.3 Å². The van der Waals surface area contributed by atoms with Crippen LogP contribution in [-0.4, -0.2) is 5.78 Å². The van der Waals surface area contributed by atoms with Gasteiger partial charge >= 0.3 is 0 Å². The van der Waals surface area contributed by atoms with Gasteiger partial charge in [-0.2, -0.15) is 0 Å². The Labute approximate surface area is 105 Å². The van der Waals surface area contributed by atoms with Crippen LogP contribution in [0.5, 0.6) is 0 Å². The first kappa shape index (κ1) is 10.6. The van der Waals surface area contributed by atoms with Gasteiger partial charge in [0.25, 0.3) is 0 Å². The maximum Gasteiger partial charge on any atom is 0.156 e. The molecular formula is C15H12OS. The van der Waals surface area contributed by atoms with Gasteiger partial charge in [0.15, 0.2) is 5.78 Å². The predicted molar refractivity (Wildman–Crippen MR) is 72.1 cm³/mol. The molecule has 0 spiro atoms. The summed E-state index contributed by atoms with van der Waals surface area (Å²) in [6.07, 6.45) is 3.35. The molecular weight excluding hydrogens is 228 g/mol. The highest BCUT2D eigenvalue weighted by atomic mass is 32.2. The van der Waals surface area contributed by atoms with Crippen molar-refractivity contribution in [1.29, 1.82) is 0 Å². The van der Waals surface area contributed by atoms with E-state index in [0.717, 1.165) is 6.42 Å². The Morgan fingerprint density at radius 3 is 2.53 bits per heavy atom. The van der Waals surface area contributed by atoms with Crippen molar-refractivity contribution in [1.82, 2.24) is 0 Å². The standard InChI is InChI=1S/C15H12OS/c16-13-6-8-15(10-13)17-14-7-5-11-3-1-2-4-12(11)9-14/h1-5,7,9-10H,6,8H2. The molecule has 2 aromatic rings. The lowest BCUT2D eigenvalue weighted by molar-refractivity contribution is -0.114. The van der Waals surface area contributed by atoms with E-state index in [4.69, 9.17) is 0 Å². The summed E-state index contributed by atoms with van der Waals surface area (Å²) < 4.78 is 0. The number of ketones is 1. The van der Waals surface area contributed by atoms with Gasteiger partial charge in [-0.1, -0.05) is 42.1 Å². The Kier molecular flexibility index (Phi) is 2.73. The van der Waals surface area contributed by atoms with Crippen molar-refractivity contribution in [2.24, 2.45) is 0 Å². The minimum atomic E-state index is 0.258. The molecule has 0 bridgehead atoms. The second-order valence-corrected chi connectivity index (χ2v) is 5.39. The van der Waals surface area contributed by atoms with Crippen LogP contribution in [0.1, 0.15) is 12.8 Å². The van der Waals surface area contributed by atoms with Crippen LogP contribution >= 0.6 is 11.8 Å². The number of fused-ring (bicyclic) bond motifs is 1. The van der Waals surface area contributed by atoms with Gasteiger partial charge in [-0.25, -0.2) is 0 Å². The zero-order valence-corrected chi connectivity index (χ0v) is 10.2. The van der Waals surface area contributed by atoms with E-state index in [1.807, 2.05) is 6.07 Å². The average Bonchev–Trinajstić information content (AvgIpc) is 2.75. The van der Waals surface area contributed by atoms with Gasteiger partial charge in [0.1, 0.15) is 0 Å². The summed E-state index contributed by atoms with van der Waals surface area (Å²) in [5, 5.41) is 2.51. The van der Waals surface area contributed by atoms with E-state index in [2.05, 4.69) is 36.4 Å². The Bertz CT molecular complexity index is 613. The van der Waals surface area contributed by atoms with Gasteiger partial charge in [-0.3, -0.25) is 4.79 Å². The molecule has 0 aliphatic heterocycles. The van der Waals surface area contributed by atoms with Gasteiger partial charge in [0, 0.05) is 11.3 Å². The van der Waals surface area contributed by atoms with Gasteiger partial charge in [-0.05, 0) is 40.3 Å². The molecule has 84 valence electrons. The minimum Gasteiger partial charge on any atom is -0.295 e. The number of carbonyl (C=O) groups is 1. The van der Waals surface area contributed by atoms with Crippen molar-refractivity contribution >= 4 is 28.3 Å². The first-order chi connectivity index (χ1) is 8.31. The lowest BCUT2D eigenvalue weighted by Gasteiger charge is -2.03. The lowest BCUT2D eigenvalue weighted by Crippen LogP contribution is -1.80. The van der Waals surface area contributed by atoms with Crippen molar-refractivity contribution in [3.63, 3.8) is 0 Å². The second-order valence-electron chi connectivity index (χ2n) is 4.19. The zero-order valence-electron chi connectivity index (χ0n) is 9.35. The van der Waals surface area contributed by atoms with E-state index in [9.17, 15) is 4.79 Å². The number of benzene rings is 2. The largest absolute Gasteiger partial charge is 0.295 e. The van der Waals surface area contributed by atoms with Gasteiger partial charge in [0.2, 0.25) is 0 Å². The molecule has 0 unspecified atom stereocenters. The SMILES string of the molecule is O=C1C=C(Sc2ccc3ccccc3c2)CC1. The number of rotatable bonds is 2. The van der Waals surface area contributed by atoms with Gasteiger partial charge in [-0.15, -0.1) is 0 Å². The summed E-state index contributed by atoms with van der Waals surface area (Å²) in [5.74, 6) is 0.258. The summed E-state index contributed by atoms with van der Waals surface area (Å²) in [6.45, 7) is 0. The van der Waals surface area contributed by atoms with Crippen LogP contribution in [0.4, 0.5) is 0 Å². The molecule has 17 heavy (non-hydrogen) atoms. The molecule has 3 rings (SSSR count). The third kappa shape index (κ3) is 2.27. The molecule has 0 radical (unpaired) electrons. The Balaban J connectivity index is 1.91. The van der Waals surface area contributed by atoms with E-state index in [1.54, 1.807) is 17.8 Å². The van der Waals surface area contributed by atoms with Crippen LogP contribution in [0, 0.1) is 0 Å². The normalized spacial score (nSPS) is 15.3. The van der Waals surface area contributed by atoms with Crippen molar-refractivity contribution in [3.8, 4) is 0 Å². The number of thioether (sulfide) groups is 1. The van der Waals surface area contributed by atoms with Gasteiger partial charge in [0.05, 0.1) is 0 Å².